The highest BCUT2D eigenvalue weighted by atomic mass is 127. The van der Waals surface area contributed by atoms with Crippen molar-refractivity contribution in [2.75, 3.05) is 26.8 Å². The van der Waals surface area contributed by atoms with Crippen molar-refractivity contribution < 1.29 is 14.3 Å². The van der Waals surface area contributed by atoms with Gasteiger partial charge in [0.1, 0.15) is 0 Å². The molecule has 3 N–H and O–H groups in total. The summed E-state index contributed by atoms with van der Waals surface area (Å²) < 4.78 is 11.0. The molecule has 0 saturated carbocycles. The van der Waals surface area contributed by atoms with Crippen LogP contribution in [-0.4, -0.2) is 38.7 Å². The lowest BCUT2D eigenvalue weighted by Gasteiger charge is -2.13. The molecule has 2 rings (SSSR count). The van der Waals surface area contributed by atoms with Gasteiger partial charge >= 0.3 is 0 Å². The first-order valence-corrected chi connectivity index (χ1v) is 10.6. The van der Waals surface area contributed by atoms with Gasteiger partial charge in [0.25, 0.3) is 5.91 Å². The van der Waals surface area contributed by atoms with Gasteiger partial charge < -0.3 is 25.4 Å². The summed E-state index contributed by atoms with van der Waals surface area (Å²) in [6, 6.07) is 7.72. The number of hydrogen-bond donors (Lipinski definition) is 3. The van der Waals surface area contributed by atoms with E-state index in [0.29, 0.717) is 24.6 Å². The van der Waals surface area contributed by atoms with Crippen LogP contribution in [0.1, 0.15) is 29.9 Å². The Morgan fingerprint density at radius 3 is 2.50 bits per heavy atom. The Morgan fingerprint density at radius 1 is 1.10 bits per heavy atom. The molecule has 1 aromatic heterocycles. The van der Waals surface area contributed by atoms with Crippen molar-refractivity contribution >= 4 is 47.2 Å². The molecule has 0 bridgehead atoms. The van der Waals surface area contributed by atoms with E-state index in [4.69, 9.17) is 9.47 Å². The van der Waals surface area contributed by atoms with Crippen LogP contribution in [0.3, 0.4) is 0 Å². The second kappa shape index (κ2) is 14.1. The van der Waals surface area contributed by atoms with E-state index in [0.717, 1.165) is 24.6 Å². The van der Waals surface area contributed by atoms with E-state index in [1.807, 2.05) is 26.0 Å². The van der Waals surface area contributed by atoms with Gasteiger partial charge in [-0.3, -0.25) is 4.79 Å². The summed E-state index contributed by atoms with van der Waals surface area (Å²) in [4.78, 5) is 17.5. The van der Waals surface area contributed by atoms with Crippen LogP contribution in [0.15, 0.2) is 34.6 Å². The number of ether oxygens (including phenoxy) is 2. The monoisotopic (exact) mass is 546 g/mol. The molecule has 1 heterocycles. The van der Waals surface area contributed by atoms with E-state index in [2.05, 4.69) is 39.3 Å². The molecule has 166 valence electrons. The number of methoxy groups -OCH3 is 1. The van der Waals surface area contributed by atoms with Crippen molar-refractivity contribution in [2.24, 2.45) is 4.99 Å². The second-order valence-corrected chi connectivity index (χ2v) is 7.30. The number of thiophene rings is 1. The fraction of sp³-hybridized carbons (Fsp3) is 0.429. The van der Waals surface area contributed by atoms with E-state index < -0.39 is 0 Å². The van der Waals surface area contributed by atoms with Crippen molar-refractivity contribution in [3.8, 4) is 11.5 Å². The lowest BCUT2D eigenvalue weighted by Crippen LogP contribution is -2.36. The van der Waals surface area contributed by atoms with Crippen LogP contribution in [0.25, 0.3) is 0 Å². The molecule has 0 aliphatic carbocycles. The first-order chi connectivity index (χ1) is 14.1. The van der Waals surface area contributed by atoms with E-state index in [1.165, 1.54) is 10.4 Å². The number of amides is 1. The summed E-state index contributed by atoms with van der Waals surface area (Å²) in [6.07, 6.45) is 0. The normalized spacial score (nSPS) is 10.7. The van der Waals surface area contributed by atoms with Crippen LogP contribution in [0.2, 0.25) is 0 Å². The largest absolute Gasteiger partial charge is 0.493 e. The molecule has 0 aliphatic heterocycles. The smallest absolute Gasteiger partial charge is 0.257 e. The number of guanidine groups is 1. The number of hydrogen-bond acceptors (Lipinski definition) is 5. The molecule has 0 saturated heterocycles. The van der Waals surface area contributed by atoms with Gasteiger partial charge in [-0.1, -0.05) is 6.07 Å². The van der Waals surface area contributed by atoms with E-state index in [1.54, 1.807) is 24.5 Å². The summed E-state index contributed by atoms with van der Waals surface area (Å²) in [5.74, 6) is 1.71. The zero-order valence-corrected chi connectivity index (χ0v) is 21.1. The van der Waals surface area contributed by atoms with Gasteiger partial charge in [-0.2, -0.15) is 0 Å². The average molecular weight is 546 g/mol. The molecule has 30 heavy (non-hydrogen) atoms. The number of aliphatic imine (C=N–C) groups is 1. The Balaban J connectivity index is 0.00000450. The Morgan fingerprint density at radius 2 is 1.87 bits per heavy atom. The summed E-state index contributed by atoms with van der Waals surface area (Å²) >= 11 is 1.74. The quantitative estimate of drug-likeness (QED) is 0.242. The third kappa shape index (κ3) is 8.39. The molecule has 9 heteroatoms. The maximum atomic E-state index is 11.6. The SMILES string of the molecule is CCNC(=O)COc1ccc(CN=C(NCC)NCc2sccc2C)cc1OC.I. The van der Waals surface area contributed by atoms with Gasteiger partial charge in [-0.25, -0.2) is 4.99 Å². The van der Waals surface area contributed by atoms with Crippen molar-refractivity contribution in [1.82, 2.24) is 16.0 Å². The summed E-state index contributed by atoms with van der Waals surface area (Å²) in [5, 5.41) is 11.4. The number of aryl methyl sites for hydroxylation is 1. The minimum absolute atomic E-state index is 0. The fourth-order valence-corrected chi connectivity index (χ4v) is 3.43. The third-order valence-corrected chi connectivity index (χ3v) is 5.13. The maximum absolute atomic E-state index is 11.6. The highest BCUT2D eigenvalue weighted by Crippen LogP contribution is 2.28. The molecule has 0 unspecified atom stereocenters. The highest BCUT2D eigenvalue weighted by Gasteiger charge is 2.09. The standard InChI is InChI=1S/C21H30N4O3S.HI/c1-5-22-20(26)14-28-17-8-7-16(11-18(17)27-4)12-24-21(23-6-2)25-13-19-15(3)9-10-29-19;/h7-11H,5-6,12-14H2,1-4H3,(H,22,26)(H2,23,24,25);1H. The van der Waals surface area contributed by atoms with Crippen LogP contribution in [0.4, 0.5) is 0 Å². The van der Waals surface area contributed by atoms with Crippen molar-refractivity contribution in [3.63, 3.8) is 0 Å². The average Bonchev–Trinajstić information content (AvgIpc) is 3.13. The minimum Gasteiger partial charge on any atom is -0.493 e. The molecular weight excluding hydrogens is 515 g/mol. The molecule has 0 fully saturated rings. The zero-order valence-electron chi connectivity index (χ0n) is 17.9. The van der Waals surface area contributed by atoms with E-state index in [9.17, 15) is 4.79 Å². The van der Waals surface area contributed by atoms with Crippen LogP contribution in [0.5, 0.6) is 11.5 Å². The Kier molecular flexibility index (Phi) is 12.2. The minimum atomic E-state index is -0.162. The number of halogens is 1. The number of benzene rings is 1. The molecule has 0 aliphatic rings. The molecule has 7 nitrogen and oxygen atoms in total. The van der Waals surface area contributed by atoms with Crippen LogP contribution < -0.4 is 25.4 Å². The Hall–Kier alpha value is -2.01. The van der Waals surface area contributed by atoms with Crippen LogP contribution in [-0.2, 0) is 17.9 Å². The highest BCUT2D eigenvalue weighted by molar-refractivity contribution is 14.0. The molecule has 1 aromatic carbocycles. The number of rotatable bonds is 10. The number of carbonyl (C=O) groups excluding carboxylic acids is 1. The first-order valence-electron chi connectivity index (χ1n) is 9.68. The third-order valence-electron chi connectivity index (χ3n) is 4.11. The predicted octanol–water partition coefficient (Wildman–Crippen LogP) is 3.45. The molecule has 1 amide bonds. The van der Waals surface area contributed by atoms with Gasteiger partial charge in [0.15, 0.2) is 24.1 Å². The summed E-state index contributed by atoms with van der Waals surface area (Å²) in [7, 11) is 1.58. The first kappa shape index (κ1) is 26.0. The number of carbonyl (C=O) groups is 1. The van der Waals surface area contributed by atoms with Crippen molar-refractivity contribution in [3.05, 3.63) is 45.6 Å². The molecular formula is C21H31IN4O3S. The number of nitrogens with zero attached hydrogens (tertiary/aromatic N) is 1. The van der Waals surface area contributed by atoms with Gasteiger partial charge in [-0.15, -0.1) is 35.3 Å². The van der Waals surface area contributed by atoms with Gasteiger partial charge in [-0.05, 0) is 55.5 Å². The lowest BCUT2D eigenvalue weighted by atomic mass is 10.2. The van der Waals surface area contributed by atoms with Crippen LogP contribution in [0, 0.1) is 6.92 Å². The van der Waals surface area contributed by atoms with Crippen molar-refractivity contribution in [1.29, 1.82) is 0 Å². The topological polar surface area (TPSA) is 84.0 Å². The number of likely N-dealkylation sites (N-methyl/N-ethyl adjacent to an activating group) is 1. The van der Waals surface area contributed by atoms with Gasteiger partial charge in [0.05, 0.1) is 20.2 Å². The fourth-order valence-electron chi connectivity index (χ4n) is 2.58. The second-order valence-electron chi connectivity index (χ2n) is 6.30. The molecule has 0 spiro atoms. The Bertz CT molecular complexity index is 826. The molecule has 0 radical (unpaired) electrons. The zero-order chi connectivity index (χ0) is 21.1. The Labute approximate surface area is 199 Å². The maximum Gasteiger partial charge on any atom is 0.257 e. The summed E-state index contributed by atoms with van der Waals surface area (Å²) in [6.45, 7) is 8.56. The molecule has 0 atom stereocenters. The van der Waals surface area contributed by atoms with Gasteiger partial charge in [0, 0.05) is 18.0 Å². The predicted molar refractivity (Wildman–Crippen MR) is 133 cm³/mol. The lowest BCUT2D eigenvalue weighted by molar-refractivity contribution is -0.123. The van der Waals surface area contributed by atoms with Gasteiger partial charge in [0.2, 0.25) is 0 Å². The molecule has 2 aromatic rings. The summed E-state index contributed by atoms with van der Waals surface area (Å²) in [5.41, 5.74) is 2.27. The van der Waals surface area contributed by atoms with Crippen molar-refractivity contribution in [2.45, 2.75) is 33.9 Å². The van der Waals surface area contributed by atoms with E-state index >= 15 is 0 Å². The number of nitrogens with one attached hydrogen (secondary N) is 3. The van der Waals surface area contributed by atoms with Crippen LogP contribution >= 0.6 is 35.3 Å². The van der Waals surface area contributed by atoms with E-state index in [-0.39, 0.29) is 36.5 Å².